The molecule has 1 atom stereocenters. The highest BCUT2D eigenvalue weighted by molar-refractivity contribution is 5.96. The second kappa shape index (κ2) is 9.45. The van der Waals surface area contributed by atoms with Crippen molar-refractivity contribution in [2.24, 2.45) is 0 Å². The highest BCUT2D eigenvalue weighted by Crippen LogP contribution is 2.40. The molecule has 1 saturated heterocycles. The minimum Gasteiger partial charge on any atom is -0.494 e. The molecule has 1 amide bonds. The van der Waals surface area contributed by atoms with Crippen LogP contribution in [0.25, 0.3) is 22.2 Å². The van der Waals surface area contributed by atoms with Crippen molar-refractivity contribution in [3.63, 3.8) is 0 Å². The molecule has 1 fully saturated rings. The van der Waals surface area contributed by atoms with Crippen molar-refractivity contribution in [3.05, 3.63) is 95.4 Å². The number of anilines is 1. The Morgan fingerprint density at radius 3 is 2.61 bits per heavy atom. The molecule has 1 aliphatic heterocycles. The van der Waals surface area contributed by atoms with E-state index in [1.54, 1.807) is 17.0 Å². The Morgan fingerprint density at radius 2 is 1.89 bits per heavy atom. The number of amides is 1. The van der Waals surface area contributed by atoms with Crippen molar-refractivity contribution in [1.29, 1.82) is 0 Å². The topological polar surface area (TPSA) is 73.4 Å². The summed E-state index contributed by atoms with van der Waals surface area (Å²) < 4.78 is 27.3. The number of carbonyl (C=O) groups is 1. The summed E-state index contributed by atoms with van der Waals surface area (Å²) in [6.07, 6.45) is 0.943. The lowest BCUT2D eigenvalue weighted by Crippen LogP contribution is -2.29. The molecule has 0 saturated carbocycles. The van der Waals surface area contributed by atoms with Crippen LogP contribution in [0.15, 0.2) is 71.3 Å². The fourth-order valence-corrected chi connectivity index (χ4v) is 5.44. The molecule has 8 heteroatoms. The molecule has 2 aromatic heterocycles. The molecule has 0 N–H and O–H groups in total. The van der Waals surface area contributed by atoms with Gasteiger partial charge in [0, 0.05) is 30.3 Å². The van der Waals surface area contributed by atoms with Crippen LogP contribution in [0.1, 0.15) is 41.7 Å². The maximum atomic E-state index is 14.6. The lowest BCUT2D eigenvalue weighted by atomic mass is 10.0. The summed E-state index contributed by atoms with van der Waals surface area (Å²) in [6.45, 7) is 4.41. The first-order valence-electron chi connectivity index (χ1n) is 12.6. The van der Waals surface area contributed by atoms with Gasteiger partial charge in [0.05, 0.1) is 29.9 Å². The predicted molar refractivity (Wildman–Crippen MR) is 143 cm³/mol. The van der Waals surface area contributed by atoms with Gasteiger partial charge in [-0.3, -0.25) is 4.79 Å². The van der Waals surface area contributed by atoms with Crippen molar-refractivity contribution < 1.29 is 18.4 Å². The van der Waals surface area contributed by atoms with Crippen molar-refractivity contribution in [3.8, 4) is 16.9 Å². The van der Waals surface area contributed by atoms with Gasteiger partial charge in [0.1, 0.15) is 11.6 Å². The molecule has 6 rings (SSSR count). The summed E-state index contributed by atoms with van der Waals surface area (Å²) in [5.41, 5.74) is 6.13. The number of halogens is 1. The molecule has 5 aromatic rings. The smallest absolute Gasteiger partial charge is 0.227 e. The number of hydrogen-bond acceptors (Lipinski definition) is 5. The van der Waals surface area contributed by atoms with Gasteiger partial charge in [0.25, 0.3) is 0 Å². The highest BCUT2D eigenvalue weighted by Gasteiger charge is 2.37. The van der Waals surface area contributed by atoms with Crippen molar-refractivity contribution in [2.45, 2.75) is 39.3 Å². The minimum absolute atomic E-state index is 0.0608. The maximum absolute atomic E-state index is 14.6. The third kappa shape index (κ3) is 4.02. The van der Waals surface area contributed by atoms with Gasteiger partial charge in [0.2, 0.25) is 5.91 Å². The summed E-state index contributed by atoms with van der Waals surface area (Å²) in [7, 11) is 1.42. The Morgan fingerprint density at radius 1 is 1.08 bits per heavy atom. The van der Waals surface area contributed by atoms with Gasteiger partial charge in [-0.2, -0.15) is 0 Å². The summed E-state index contributed by atoms with van der Waals surface area (Å²) in [4.78, 5) is 19.9. The van der Waals surface area contributed by atoms with Crippen molar-refractivity contribution in [1.82, 2.24) is 14.7 Å². The quantitative estimate of drug-likeness (QED) is 0.265. The van der Waals surface area contributed by atoms with Crippen molar-refractivity contribution in [2.75, 3.05) is 12.0 Å². The lowest BCUT2D eigenvalue weighted by Gasteiger charge is -2.25. The Bertz CT molecular complexity index is 1640. The van der Waals surface area contributed by atoms with Crippen molar-refractivity contribution >= 4 is 22.6 Å². The van der Waals surface area contributed by atoms with Crippen LogP contribution >= 0.6 is 0 Å². The summed E-state index contributed by atoms with van der Waals surface area (Å²) >= 11 is 0. The summed E-state index contributed by atoms with van der Waals surface area (Å²) in [6, 6.07) is 20.6. The SMILES string of the molecule is COc1ccc(N2C(=O)CC[C@H]2c2nc3cc(-c4c(C)noc4C)ccc3n2Cc2ccccc2)cc1F. The number of fused-ring (bicyclic) bond motifs is 1. The zero-order valence-corrected chi connectivity index (χ0v) is 21.4. The van der Waals surface area contributed by atoms with Crippen LogP contribution in [0.4, 0.5) is 10.1 Å². The molecule has 3 heterocycles. The van der Waals surface area contributed by atoms with E-state index < -0.39 is 5.82 Å². The number of rotatable bonds is 6. The molecule has 0 radical (unpaired) electrons. The number of methoxy groups -OCH3 is 1. The van der Waals surface area contributed by atoms with Gasteiger partial charge in [0.15, 0.2) is 11.6 Å². The second-order valence-corrected chi connectivity index (χ2v) is 9.58. The van der Waals surface area contributed by atoms with E-state index in [-0.39, 0.29) is 17.7 Å². The molecule has 7 nitrogen and oxygen atoms in total. The average Bonchev–Trinajstić information content (AvgIpc) is 3.58. The van der Waals surface area contributed by atoms with Crippen LogP contribution in [0.5, 0.6) is 5.75 Å². The van der Waals surface area contributed by atoms with Gasteiger partial charge >= 0.3 is 0 Å². The number of imidazole rings is 1. The molecule has 0 bridgehead atoms. The van der Waals surface area contributed by atoms with Gasteiger partial charge in [-0.1, -0.05) is 41.6 Å². The van der Waals surface area contributed by atoms with E-state index >= 15 is 0 Å². The zero-order chi connectivity index (χ0) is 26.4. The fraction of sp³-hybridized carbons (Fsp3) is 0.233. The normalized spacial score (nSPS) is 15.5. The van der Waals surface area contributed by atoms with Crippen LogP contribution in [0.3, 0.4) is 0 Å². The monoisotopic (exact) mass is 510 g/mol. The molecular formula is C30H27FN4O3. The summed E-state index contributed by atoms with van der Waals surface area (Å²) in [5.74, 6) is 1.08. The number of benzene rings is 3. The number of hydrogen-bond donors (Lipinski definition) is 0. The Hall–Kier alpha value is -4.46. The Balaban J connectivity index is 1.50. The van der Waals surface area contributed by atoms with Gasteiger partial charge < -0.3 is 18.7 Å². The summed E-state index contributed by atoms with van der Waals surface area (Å²) in [5, 5.41) is 4.10. The first kappa shape index (κ1) is 23.9. The third-order valence-corrected chi connectivity index (χ3v) is 7.21. The molecule has 0 unspecified atom stereocenters. The van der Waals surface area contributed by atoms with Gasteiger partial charge in [-0.05, 0) is 55.7 Å². The maximum Gasteiger partial charge on any atom is 0.227 e. The second-order valence-electron chi connectivity index (χ2n) is 9.58. The zero-order valence-electron chi connectivity index (χ0n) is 21.4. The number of aryl methyl sites for hydroxylation is 2. The van der Waals surface area contributed by atoms with E-state index in [1.807, 2.05) is 38.1 Å². The van der Waals surface area contributed by atoms with E-state index in [9.17, 15) is 9.18 Å². The largest absolute Gasteiger partial charge is 0.494 e. The molecule has 38 heavy (non-hydrogen) atoms. The number of ether oxygens (including phenoxy) is 1. The first-order valence-corrected chi connectivity index (χ1v) is 12.6. The van der Waals surface area contributed by atoms with E-state index in [0.717, 1.165) is 45.0 Å². The third-order valence-electron chi connectivity index (χ3n) is 7.21. The Kier molecular flexibility index (Phi) is 5.94. The van der Waals surface area contributed by atoms with Crippen LogP contribution < -0.4 is 9.64 Å². The standard InChI is InChI=1S/C30H27FN4O3/c1-18-29(19(2)38-33-18)21-9-11-25-24(15-21)32-30(34(25)17-20-7-5-4-6-8-20)26-12-14-28(36)35(26)22-10-13-27(37-3)23(31)16-22/h4-11,13,15-16,26H,12,14,17H2,1-3H3/t26-/m0/s1. The molecule has 3 aromatic carbocycles. The number of nitrogens with zero attached hydrogens (tertiary/aromatic N) is 4. The van der Waals surface area contributed by atoms with Gasteiger partial charge in [-0.25, -0.2) is 9.37 Å². The van der Waals surface area contributed by atoms with E-state index in [2.05, 4.69) is 34.0 Å². The number of aromatic nitrogens is 3. The molecule has 192 valence electrons. The van der Waals surface area contributed by atoms with Crippen LogP contribution in [-0.2, 0) is 11.3 Å². The molecule has 1 aliphatic rings. The average molecular weight is 511 g/mol. The predicted octanol–water partition coefficient (Wildman–Crippen LogP) is 6.37. The first-order chi connectivity index (χ1) is 18.4. The minimum atomic E-state index is -0.509. The van der Waals surface area contributed by atoms with Crippen LogP contribution in [0, 0.1) is 19.7 Å². The van der Waals surface area contributed by atoms with Crippen LogP contribution in [-0.4, -0.2) is 27.7 Å². The molecule has 0 spiro atoms. The van der Waals surface area contributed by atoms with Crippen LogP contribution in [0.2, 0.25) is 0 Å². The molecular weight excluding hydrogens is 483 g/mol. The fourth-order valence-electron chi connectivity index (χ4n) is 5.44. The lowest BCUT2D eigenvalue weighted by molar-refractivity contribution is -0.117. The molecule has 0 aliphatic carbocycles. The number of carbonyl (C=O) groups excluding carboxylic acids is 1. The van der Waals surface area contributed by atoms with E-state index in [4.69, 9.17) is 14.2 Å². The highest BCUT2D eigenvalue weighted by atomic mass is 19.1. The Labute approximate surface area is 219 Å². The van der Waals surface area contributed by atoms with E-state index in [0.29, 0.717) is 25.1 Å². The van der Waals surface area contributed by atoms with E-state index in [1.165, 1.54) is 13.2 Å². The van der Waals surface area contributed by atoms with Gasteiger partial charge in [-0.15, -0.1) is 0 Å².